The molecule has 204 valence electrons. The summed E-state index contributed by atoms with van der Waals surface area (Å²) in [6.45, 7) is 8.65. The highest BCUT2D eigenvalue weighted by atomic mass is 16.5. The molecule has 0 radical (unpaired) electrons. The smallest absolute Gasteiger partial charge is 0.163 e. The molecule has 6 rings (SSSR count). The highest BCUT2D eigenvalue weighted by Crippen LogP contribution is 2.38. The molecule has 7 heteroatoms. The summed E-state index contributed by atoms with van der Waals surface area (Å²) in [6, 6.07) is 11.6. The standard InChI is InChI=1S/C31H42N4O3/c1-3-24-9-10-29(38-24)28-20-26(32-22-11-16-35(17-12-22)23-7-8-23)25-19-30(36-2)31(21-27(25)33-28)37-18-6-15-34-13-4-5-14-34/h9-10,19-23H,3-8,11-18H2,1-2H3,(H,32,33). The Morgan fingerprint density at radius 1 is 1.00 bits per heavy atom. The Balaban J connectivity index is 1.26. The number of aryl methyl sites for hydroxylation is 1. The van der Waals surface area contributed by atoms with Gasteiger partial charge in [-0.2, -0.15) is 0 Å². The molecule has 1 saturated carbocycles. The molecule has 7 nitrogen and oxygen atoms in total. The summed E-state index contributed by atoms with van der Waals surface area (Å²) in [5, 5.41) is 4.94. The van der Waals surface area contributed by atoms with E-state index in [1.54, 1.807) is 7.11 Å². The van der Waals surface area contributed by atoms with Gasteiger partial charge in [0.25, 0.3) is 0 Å². The summed E-state index contributed by atoms with van der Waals surface area (Å²) in [7, 11) is 1.72. The molecule has 2 aliphatic heterocycles. The van der Waals surface area contributed by atoms with Crippen molar-refractivity contribution in [1.29, 1.82) is 0 Å². The zero-order chi connectivity index (χ0) is 25.9. The van der Waals surface area contributed by atoms with Crippen molar-refractivity contribution in [2.45, 2.75) is 70.4 Å². The van der Waals surface area contributed by atoms with Crippen LogP contribution < -0.4 is 14.8 Å². The predicted molar refractivity (Wildman–Crippen MR) is 152 cm³/mol. The van der Waals surface area contributed by atoms with Gasteiger partial charge in [-0.3, -0.25) is 0 Å². The number of methoxy groups -OCH3 is 1. The third-order valence-corrected chi connectivity index (χ3v) is 8.38. The van der Waals surface area contributed by atoms with Crippen molar-refractivity contribution in [1.82, 2.24) is 14.8 Å². The van der Waals surface area contributed by atoms with Crippen molar-refractivity contribution in [3.05, 3.63) is 36.1 Å². The fourth-order valence-electron chi connectivity index (χ4n) is 6.00. The zero-order valence-electron chi connectivity index (χ0n) is 23.0. The van der Waals surface area contributed by atoms with Crippen LogP contribution in [0.3, 0.4) is 0 Å². The second-order valence-corrected chi connectivity index (χ2v) is 11.1. The largest absolute Gasteiger partial charge is 0.493 e. The van der Waals surface area contributed by atoms with Gasteiger partial charge in [-0.1, -0.05) is 6.92 Å². The van der Waals surface area contributed by atoms with Gasteiger partial charge < -0.3 is 29.0 Å². The molecule has 0 amide bonds. The van der Waals surface area contributed by atoms with Crippen molar-refractivity contribution in [2.75, 3.05) is 51.8 Å². The molecule has 1 N–H and O–H groups in total. The van der Waals surface area contributed by atoms with Crippen LogP contribution in [0.1, 0.15) is 57.6 Å². The molecule has 1 aliphatic carbocycles. The molecular formula is C31H42N4O3. The molecule has 2 aromatic heterocycles. The van der Waals surface area contributed by atoms with E-state index in [0.717, 1.165) is 83.6 Å². The normalized spacial score (nSPS) is 19.3. The molecule has 3 fully saturated rings. The van der Waals surface area contributed by atoms with Gasteiger partial charge in [0.15, 0.2) is 17.3 Å². The van der Waals surface area contributed by atoms with Gasteiger partial charge in [0.05, 0.1) is 19.2 Å². The van der Waals surface area contributed by atoms with E-state index in [0.29, 0.717) is 12.6 Å². The lowest BCUT2D eigenvalue weighted by Gasteiger charge is -2.33. The van der Waals surface area contributed by atoms with Crippen LogP contribution in [0.15, 0.2) is 34.7 Å². The first-order valence-electron chi connectivity index (χ1n) is 14.7. The summed E-state index contributed by atoms with van der Waals surface area (Å²) in [5.74, 6) is 3.29. The van der Waals surface area contributed by atoms with Crippen molar-refractivity contribution in [2.24, 2.45) is 0 Å². The van der Waals surface area contributed by atoms with Crippen LogP contribution in [0.5, 0.6) is 11.5 Å². The fraction of sp³-hybridized carbons (Fsp3) is 0.581. The Morgan fingerprint density at radius 3 is 2.53 bits per heavy atom. The van der Waals surface area contributed by atoms with Gasteiger partial charge in [-0.05, 0) is 82.3 Å². The number of hydrogen-bond donors (Lipinski definition) is 1. The van der Waals surface area contributed by atoms with Crippen molar-refractivity contribution >= 4 is 16.6 Å². The van der Waals surface area contributed by atoms with Crippen molar-refractivity contribution in [3.8, 4) is 23.0 Å². The Kier molecular flexibility index (Phi) is 7.75. The van der Waals surface area contributed by atoms with Crippen LogP contribution in [-0.2, 0) is 6.42 Å². The number of rotatable bonds is 11. The number of nitrogens with zero attached hydrogens (tertiary/aromatic N) is 3. The number of pyridine rings is 1. The lowest BCUT2D eigenvalue weighted by atomic mass is 10.0. The maximum Gasteiger partial charge on any atom is 0.163 e. The average Bonchev–Trinajstić information content (AvgIpc) is 3.44. The molecule has 0 bridgehead atoms. The third kappa shape index (κ3) is 5.79. The molecule has 0 atom stereocenters. The zero-order valence-corrected chi connectivity index (χ0v) is 23.0. The number of furan rings is 1. The van der Waals surface area contributed by atoms with Crippen LogP contribution in [0.4, 0.5) is 5.69 Å². The summed E-state index contributed by atoms with van der Waals surface area (Å²) in [5.41, 5.74) is 2.83. The fourth-order valence-corrected chi connectivity index (χ4v) is 6.00. The van der Waals surface area contributed by atoms with E-state index < -0.39 is 0 Å². The quantitative estimate of drug-likeness (QED) is 0.314. The number of benzene rings is 1. The van der Waals surface area contributed by atoms with Gasteiger partial charge in [0, 0.05) is 55.3 Å². The van der Waals surface area contributed by atoms with Gasteiger partial charge in [-0.15, -0.1) is 0 Å². The maximum absolute atomic E-state index is 6.25. The summed E-state index contributed by atoms with van der Waals surface area (Å²) >= 11 is 0. The molecule has 1 aromatic carbocycles. The molecule has 0 unspecified atom stereocenters. The van der Waals surface area contributed by atoms with Gasteiger partial charge in [-0.25, -0.2) is 4.98 Å². The molecule has 4 heterocycles. The van der Waals surface area contributed by atoms with Gasteiger partial charge in [0.1, 0.15) is 11.5 Å². The topological polar surface area (TPSA) is 63.0 Å². The first-order valence-corrected chi connectivity index (χ1v) is 14.7. The van der Waals surface area contributed by atoms with Crippen molar-refractivity contribution < 1.29 is 13.9 Å². The maximum atomic E-state index is 6.25. The van der Waals surface area contributed by atoms with E-state index in [4.69, 9.17) is 18.9 Å². The second-order valence-electron chi connectivity index (χ2n) is 11.1. The van der Waals surface area contributed by atoms with Crippen LogP contribution in [-0.4, -0.2) is 73.3 Å². The Hall–Kier alpha value is -2.77. The number of anilines is 1. The Morgan fingerprint density at radius 2 is 1.82 bits per heavy atom. The third-order valence-electron chi connectivity index (χ3n) is 8.38. The number of likely N-dealkylation sites (tertiary alicyclic amines) is 2. The van der Waals surface area contributed by atoms with E-state index in [9.17, 15) is 0 Å². The number of aromatic nitrogens is 1. The molecule has 3 aliphatic rings. The number of ether oxygens (including phenoxy) is 2. The van der Waals surface area contributed by atoms with E-state index in [1.165, 1.54) is 51.9 Å². The Labute approximate surface area is 226 Å². The first-order chi connectivity index (χ1) is 18.7. The minimum Gasteiger partial charge on any atom is -0.493 e. The van der Waals surface area contributed by atoms with Crippen LogP contribution in [0, 0.1) is 0 Å². The van der Waals surface area contributed by atoms with E-state index in [2.05, 4.69) is 34.2 Å². The van der Waals surface area contributed by atoms with Gasteiger partial charge >= 0.3 is 0 Å². The highest BCUT2D eigenvalue weighted by molar-refractivity contribution is 5.95. The van der Waals surface area contributed by atoms with E-state index in [1.807, 2.05) is 18.2 Å². The summed E-state index contributed by atoms with van der Waals surface area (Å²) in [4.78, 5) is 10.2. The van der Waals surface area contributed by atoms with E-state index >= 15 is 0 Å². The number of hydrogen-bond acceptors (Lipinski definition) is 7. The molecule has 3 aromatic rings. The predicted octanol–water partition coefficient (Wildman–Crippen LogP) is 5.97. The van der Waals surface area contributed by atoms with Gasteiger partial charge in [0.2, 0.25) is 0 Å². The molecule has 0 spiro atoms. The van der Waals surface area contributed by atoms with Crippen LogP contribution >= 0.6 is 0 Å². The lowest BCUT2D eigenvalue weighted by molar-refractivity contribution is 0.210. The summed E-state index contributed by atoms with van der Waals surface area (Å²) in [6.07, 6.45) is 9.58. The SMILES string of the molecule is CCc1ccc(-c2cc(NC3CCN(C4CC4)CC3)c3cc(OC)c(OCCCN4CCCC4)cc3n2)o1. The number of nitrogens with one attached hydrogen (secondary N) is 1. The van der Waals surface area contributed by atoms with Crippen molar-refractivity contribution in [3.63, 3.8) is 0 Å². The second kappa shape index (κ2) is 11.5. The molecule has 38 heavy (non-hydrogen) atoms. The first kappa shape index (κ1) is 25.5. The van der Waals surface area contributed by atoms with Crippen LogP contribution in [0.25, 0.3) is 22.4 Å². The van der Waals surface area contributed by atoms with E-state index in [-0.39, 0.29) is 0 Å². The monoisotopic (exact) mass is 518 g/mol. The Bertz CT molecular complexity index is 1220. The highest BCUT2D eigenvalue weighted by Gasteiger charge is 2.32. The molecule has 2 saturated heterocycles. The number of fused-ring (bicyclic) bond motifs is 1. The lowest BCUT2D eigenvalue weighted by Crippen LogP contribution is -2.40. The summed E-state index contributed by atoms with van der Waals surface area (Å²) < 4.78 is 18.2. The minimum absolute atomic E-state index is 0.443. The average molecular weight is 519 g/mol. The minimum atomic E-state index is 0.443. The molecular weight excluding hydrogens is 476 g/mol. The number of piperidine rings is 1. The van der Waals surface area contributed by atoms with Crippen LogP contribution in [0.2, 0.25) is 0 Å².